The monoisotopic (exact) mass is 346 g/mol. The van der Waals surface area contributed by atoms with Gasteiger partial charge in [0.25, 0.3) is 0 Å². The highest BCUT2D eigenvalue weighted by Gasteiger charge is 2.02. The molecule has 0 saturated heterocycles. The minimum absolute atomic E-state index is 0.0181. The lowest BCUT2D eigenvalue weighted by atomic mass is 10.1. The zero-order valence-electron chi connectivity index (χ0n) is 12.0. The van der Waals surface area contributed by atoms with E-state index in [2.05, 4.69) is 57.8 Å². The summed E-state index contributed by atoms with van der Waals surface area (Å²) in [5, 5.41) is 6.16. The Morgan fingerprint density at radius 2 is 1.90 bits per heavy atom. The minimum Gasteiger partial charge on any atom is -0.326 e. The first-order valence-electron chi connectivity index (χ1n) is 6.95. The highest BCUT2D eigenvalue weighted by atomic mass is 79.9. The summed E-state index contributed by atoms with van der Waals surface area (Å²) in [6, 6.07) is 16.0. The van der Waals surface area contributed by atoms with E-state index >= 15 is 0 Å². The molecule has 21 heavy (non-hydrogen) atoms. The number of aryl methyl sites for hydroxylation is 1. The van der Waals surface area contributed by atoms with Crippen LogP contribution < -0.4 is 10.6 Å². The first kappa shape index (κ1) is 15.7. The maximum Gasteiger partial charge on any atom is 0.225 e. The van der Waals surface area contributed by atoms with Gasteiger partial charge in [-0.1, -0.05) is 51.8 Å². The highest BCUT2D eigenvalue weighted by Crippen LogP contribution is 2.15. The zero-order chi connectivity index (χ0) is 15.1. The smallest absolute Gasteiger partial charge is 0.225 e. The molecule has 3 nitrogen and oxygen atoms in total. The first-order chi connectivity index (χ1) is 10.1. The third-order valence-corrected chi connectivity index (χ3v) is 3.58. The topological polar surface area (TPSA) is 41.1 Å². The van der Waals surface area contributed by atoms with Crippen molar-refractivity contribution in [3.8, 4) is 0 Å². The van der Waals surface area contributed by atoms with E-state index in [1.807, 2.05) is 24.3 Å². The summed E-state index contributed by atoms with van der Waals surface area (Å²) in [7, 11) is 0. The lowest BCUT2D eigenvalue weighted by molar-refractivity contribution is -0.116. The second-order valence-electron chi connectivity index (χ2n) is 4.97. The number of carbonyl (C=O) groups excluding carboxylic acids is 1. The predicted molar refractivity (Wildman–Crippen MR) is 90.3 cm³/mol. The fraction of sp³-hybridized carbons (Fsp3) is 0.235. The number of amides is 1. The van der Waals surface area contributed by atoms with Gasteiger partial charge in [0, 0.05) is 29.7 Å². The van der Waals surface area contributed by atoms with Crippen LogP contribution in [0, 0.1) is 6.92 Å². The van der Waals surface area contributed by atoms with Gasteiger partial charge in [-0.2, -0.15) is 0 Å². The van der Waals surface area contributed by atoms with Gasteiger partial charge in [0.15, 0.2) is 0 Å². The van der Waals surface area contributed by atoms with E-state index in [4.69, 9.17) is 0 Å². The van der Waals surface area contributed by atoms with Crippen molar-refractivity contribution in [1.29, 1.82) is 0 Å². The molecule has 0 aliphatic carbocycles. The van der Waals surface area contributed by atoms with Crippen LogP contribution in [0.4, 0.5) is 5.69 Å². The fourth-order valence-corrected chi connectivity index (χ4v) is 2.33. The number of anilines is 1. The Balaban J connectivity index is 1.68. The molecule has 0 bridgehead atoms. The van der Waals surface area contributed by atoms with Crippen LogP contribution in [0.3, 0.4) is 0 Å². The Kier molecular flexibility index (Phi) is 5.96. The average Bonchev–Trinajstić information content (AvgIpc) is 2.45. The molecule has 0 aromatic heterocycles. The van der Waals surface area contributed by atoms with E-state index in [1.165, 1.54) is 11.1 Å². The molecule has 0 unspecified atom stereocenters. The largest absolute Gasteiger partial charge is 0.326 e. The summed E-state index contributed by atoms with van der Waals surface area (Å²) in [6.45, 7) is 3.52. The van der Waals surface area contributed by atoms with Crippen molar-refractivity contribution in [3.05, 3.63) is 64.1 Å². The predicted octanol–water partition coefficient (Wildman–Crippen LogP) is 3.88. The summed E-state index contributed by atoms with van der Waals surface area (Å²) in [5.74, 6) is 0.0181. The van der Waals surface area contributed by atoms with Crippen LogP contribution in [0.2, 0.25) is 0 Å². The Bertz CT molecular complexity index is 596. The van der Waals surface area contributed by atoms with Gasteiger partial charge in [-0.3, -0.25) is 4.79 Å². The van der Waals surface area contributed by atoms with Gasteiger partial charge in [0.2, 0.25) is 5.91 Å². The molecule has 0 radical (unpaired) electrons. The standard InChI is InChI=1S/C17H19BrN2O/c1-13-5-7-14(8-6-13)12-19-10-9-17(21)20-16-4-2-3-15(18)11-16/h2-8,11,19H,9-10,12H2,1H3,(H,20,21). The Labute approximate surface area is 133 Å². The van der Waals surface area contributed by atoms with Crippen molar-refractivity contribution in [3.63, 3.8) is 0 Å². The molecule has 0 atom stereocenters. The molecular formula is C17H19BrN2O. The van der Waals surface area contributed by atoms with E-state index in [9.17, 15) is 4.79 Å². The van der Waals surface area contributed by atoms with E-state index in [1.54, 1.807) is 0 Å². The number of carbonyl (C=O) groups is 1. The summed E-state index contributed by atoms with van der Waals surface area (Å²) >= 11 is 3.38. The zero-order valence-corrected chi connectivity index (χ0v) is 13.6. The molecular weight excluding hydrogens is 328 g/mol. The molecule has 2 aromatic rings. The summed E-state index contributed by atoms with van der Waals surface area (Å²) < 4.78 is 0.956. The summed E-state index contributed by atoms with van der Waals surface area (Å²) in [4.78, 5) is 11.8. The molecule has 0 saturated carbocycles. The number of rotatable bonds is 6. The number of hydrogen-bond donors (Lipinski definition) is 2. The number of halogens is 1. The maximum absolute atomic E-state index is 11.8. The van der Waals surface area contributed by atoms with Crippen molar-refractivity contribution in [1.82, 2.24) is 5.32 Å². The van der Waals surface area contributed by atoms with Crippen LogP contribution in [0.25, 0.3) is 0 Å². The van der Waals surface area contributed by atoms with Gasteiger partial charge in [-0.05, 0) is 30.7 Å². The number of hydrogen-bond acceptors (Lipinski definition) is 2. The molecule has 0 aliphatic heterocycles. The van der Waals surface area contributed by atoms with Gasteiger partial charge in [-0.25, -0.2) is 0 Å². The second kappa shape index (κ2) is 7.96. The van der Waals surface area contributed by atoms with Crippen LogP contribution in [-0.4, -0.2) is 12.5 Å². The molecule has 2 rings (SSSR count). The Hall–Kier alpha value is -1.65. The van der Waals surface area contributed by atoms with Crippen molar-refractivity contribution in [2.45, 2.75) is 19.9 Å². The van der Waals surface area contributed by atoms with E-state index < -0.39 is 0 Å². The normalized spacial score (nSPS) is 10.4. The van der Waals surface area contributed by atoms with Crippen molar-refractivity contribution >= 4 is 27.5 Å². The van der Waals surface area contributed by atoms with Gasteiger partial charge in [0.05, 0.1) is 0 Å². The van der Waals surface area contributed by atoms with Crippen LogP contribution in [-0.2, 0) is 11.3 Å². The molecule has 1 amide bonds. The number of benzene rings is 2. The van der Waals surface area contributed by atoms with E-state index in [0.29, 0.717) is 13.0 Å². The SMILES string of the molecule is Cc1ccc(CNCCC(=O)Nc2cccc(Br)c2)cc1. The van der Waals surface area contributed by atoms with E-state index in [-0.39, 0.29) is 5.91 Å². The second-order valence-corrected chi connectivity index (χ2v) is 5.89. The summed E-state index contributed by atoms with van der Waals surface area (Å²) in [6.07, 6.45) is 0.457. The molecule has 4 heteroatoms. The lowest BCUT2D eigenvalue weighted by Gasteiger charge is -2.07. The Morgan fingerprint density at radius 3 is 2.62 bits per heavy atom. The van der Waals surface area contributed by atoms with Crippen molar-refractivity contribution in [2.75, 3.05) is 11.9 Å². The number of nitrogens with one attached hydrogen (secondary N) is 2. The van der Waals surface area contributed by atoms with Crippen LogP contribution >= 0.6 is 15.9 Å². The van der Waals surface area contributed by atoms with Crippen LogP contribution in [0.1, 0.15) is 17.5 Å². The quantitative estimate of drug-likeness (QED) is 0.779. The molecule has 0 aliphatic rings. The lowest BCUT2D eigenvalue weighted by Crippen LogP contribution is -2.21. The van der Waals surface area contributed by atoms with Gasteiger partial charge in [0.1, 0.15) is 0 Å². The van der Waals surface area contributed by atoms with Gasteiger partial charge in [-0.15, -0.1) is 0 Å². The van der Waals surface area contributed by atoms with E-state index in [0.717, 1.165) is 16.7 Å². The third-order valence-electron chi connectivity index (χ3n) is 3.09. The van der Waals surface area contributed by atoms with Crippen molar-refractivity contribution < 1.29 is 4.79 Å². The minimum atomic E-state index is 0.0181. The van der Waals surface area contributed by atoms with Gasteiger partial charge >= 0.3 is 0 Å². The third kappa shape index (κ3) is 5.69. The molecule has 2 N–H and O–H groups in total. The molecule has 0 heterocycles. The van der Waals surface area contributed by atoms with Crippen molar-refractivity contribution in [2.24, 2.45) is 0 Å². The molecule has 0 spiro atoms. The molecule has 110 valence electrons. The fourth-order valence-electron chi connectivity index (χ4n) is 1.93. The van der Waals surface area contributed by atoms with Crippen LogP contribution in [0.5, 0.6) is 0 Å². The molecule has 2 aromatic carbocycles. The first-order valence-corrected chi connectivity index (χ1v) is 7.74. The van der Waals surface area contributed by atoms with Crippen LogP contribution in [0.15, 0.2) is 53.0 Å². The summed E-state index contributed by atoms with van der Waals surface area (Å²) in [5.41, 5.74) is 3.30. The Morgan fingerprint density at radius 1 is 1.14 bits per heavy atom. The molecule has 0 fully saturated rings. The van der Waals surface area contributed by atoms with Gasteiger partial charge < -0.3 is 10.6 Å². The average molecular weight is 347 g/mol. The maximum atomic E-state index is 11.8. The highest BCUT2D eigenvalue weighted by molar-refractivity contribution is 9.10.